The third-order valence-electron chi connectivity index (χ3n) is 1.76. The molecule has 0 aliphatic rings. The summed E-state index contributed by atoms with van der Waals surface area (Å²) in [5, 5.41) is 0. The van der Waals surface area contributed by atoms with Crippen LogP contribution >= 0.6 is 0 Å². The highest BCUT2D eigenvalue weighted by Gasteiger charge is 2.40. The van der Waals surface area contributed by atoms with Crippen molar-refractivity contribution in [2.75, 3.05) is 0 Å². The van der Waals surface area contributed by atoms with Crippen LogP contribution in [-0.2, 0) is 10.0 Å². The summed E-state index contributed by atoms with van der Waals surface area (Å²) in [7, 11) is -4.70. The standard InChI is InChI=1S/C9H6F5NO2S/c10-8(11)7(9(12,13)14)15-18(16,17)6-4-2-1-3-5-6/h1-5,15H. The first-order valence-electron chi connectivity index (χ1n) is 4.35. The van der Waals surface area contributed by atoms with Crippen molar-refractivity contribution in [3.05, 3.63) is 42.1 Å². The topological polar surface area (TPSA) is 46.2 Å². The molecule has 18 heavy (non-hydrogen) atoms. The maximum absolute atomic E-state index is 12.2. The molecule has 1 N–H and O–H groups in total. The molecular formula is C9H6F5NO2S. The third-order valence-corrected chi connectivity index (χ3v) is 3.13. The van der Waals surface area contributed by atoms with Gasteiger partial charge in [0.25, 0.3) is 16.1 Å². The number of rotatable bonds is 3. The number of nitrogens with one attached hydrogen (secondary N) is 1. The molecule has 1 aromatic carbocycles. The van der Waals surface area contributed by atoms with E-state index in [2.05, 4.69) is 0 Å². The van der Waals surface area contributed by atoms with Crippen LogP contribution in [0.15, 0.2) is 47.0 Å². The molecule has 0 unspecified atom stereocenters. The van der Waals surface area contributed by atoms with E-state index in [0.717, 1.165) is 16.9 Å². The van der Waals surface area contributed by atoms with Gasteiger partial charge in [-0.25, -0.2) is 8.42 Å². The number of hydrogen-bond acceptors (Lipinski definition) is 2. The Kier molecular flexibility index (Phi) is 3.95. The predicted octanol–water partition coefficient (Wildman–Crippen LogP) is 2.64. The van der Waals surface area contributed by atoms with E-state index >= 15 is 0 Å². The quantitative estimate of drug-likeness (QED) is 0.869. The van der Waals surface area contributed by atoms with Gasteiger partial charge in [0.15, 0.2) is 5.70 Å². The molecular weight excluding hydrogens is 281 g/mol. The summed E-state index contributed by atoms with van der Waals surface area (Å²) in [6.07, 6.45) is -8.64. The highest BCUT2D eigenvalue weighted by atomic mass is 32.2. The van der Waals surface area contributed by atoms with Crippen molar-refractivity contribution >= 4 is 10.0 Å². The zero-order valence-electron chi connectivity index (χ0n) is 8.50. The van der Waals surface area contributed by atoms with E-state index < -0.39 is 32.9 Å². The molecule has 0 spiro atoms. The summed E-state index contributed by atoms with van der Waals surface area (Å²) < 4.78 is 84.3. The van der Waals surface area contributed by atoms with E-state index in [-0.39, 0.29) is 0 Å². The molecule has 0 heterocycles. The van der Waals surface area contributed by atoms with E-state index in [1.165, 1.54) is 18.2 Å². The lowest BCUT2D eigenvalue weighted by Crippen LogP contribution is -2.32. The normalized spacial score (nSPS) is 12.1. The highest BCUT2D eigenvalue weighted by molar-refractivity contribution is 7.89. The fourth-order valence-corrected chi connectivity index (χ4v) is 2.09. The molecule has 0 aromatic heterocycles. The molecule has 0 amide bonds. The van der Waals surface area contributed by atoms with Crippen molar-refractivity contribution in [2.45, 2.75) is 11.1 Å². The average Bonchev–Trinajstić information content (AvgIpc) is 2.25. The van der Waals surface area contributed by atoms with Gasteiger partial charge in [-0.2, -0.15) is 22.0 Å². The second kappa shape index (κ2) is 4.92. The summed E-state index contributed by atoms with van der Waals surface area (Å²) in [5.74, 6) is 0. The number of benzene rings is 1. The van der Waals surface area contributed by atoms with Crippen molar-refractivity contribution in [3.8, 4) is 0 Å². The maximum Gasteiger partial charge on any atom is 0.437 e. The Morgan fingerprint density at radius 1 is 1.06 bits per heavy atom. The van der Waals surface area contributed by atoms with E-state index in [0.29, 0.717) is 0 Å². The molecule has 3 nitrogen and oxygen atoms in total. The van der Waals surface area contributed by atoms with Gasteiger partial charge in [-0.15, -0.1) is 0 Å². The fraction of sp³-hybridized carbons (Fsp3) is 0.111. The Morgan fingerprint density at radius 2 is 1.56 bits per heavy atom. The lowest BCUT2D eigenvalue weighted by atomic mass is 10.4. The number of allylic oxidation sites excluding steroid dienone is 1. The zero-order valence-corrected chi connectivity index (χ0v) is 9.32. The van der Waals surface area contributed by atoms with E-state index in [9.17, 15) is 30.4 Å². The largest absolute Gasteiger partial charge is 0.437 e. The molecule has 1 rings (SSSR count). The summed E-state index contributed by atoms with van der Waals surface area (Å²) in [6.45, 7) is 0. The van der Waals surface area contributed by atoms with Gasteiger partial charge in [-0.1, -0.05) is 18.2 Å². The molecule has 0 fully saturated rings. The molecule has 0 aliphatic carbocycles. The monoisotopic (exact) mass is 287 g/mol. The van der Waals surface area contributed by atoms with Crippen LogP contribution in [0.1, 0.15) is 0 Å². The number of sulfonamides is 1. The zero-order chi connectivity index (χ0) is 14.0. The smallest absolute Gasteiger partial charge is 0.270 e. The number of alkyl halides is 3. The molecule has 0 saturated carbocycles. The first kappa shape index (κ1) is 14.4. The summed E-state index contributed by atoms with van der Waals surface area (Å²) in [5.41, 5.74) is -2.59. The molecule has 0 radical (unpaired) electrons. The SMILES string of the molecule is O=S(=O)(NC(=C(F)F)C(F)(F)F)c1ccccc1. The minimum Gasteiger partial charge on any atom is -0.270 e. The summed E-state index contributed by atoms with van der Waals surface area (Å²) in [6, 6.07) is 5.88. The predicted molar refractivity (Wildman–Crippen MR) is 52.1 cm³/mol. The lowest BCUT2D eigenvalue weighted by Gasteiger charge is -2.13. The molecule has 9 heteroatoms. The maximum atomic E-state index is 12.2. The van der Waals surface area contributed by atoms with Crippen LogP contribution in [0.3, 0.4) is 0 Å². The van der Waals surface area contributed by atoms with E-state index in [1.54, 1.807) is 0 Å². The molecule has 0 atom stereocenters. The number of halogens is 5. The Bertz CT molecular complexity index is 546. The Hall–Kier alpha value is -1.64. The van der Waals surface area contributed by atoms with Crippen molar-refractivity contribution in [2.24, 2.45) is 0 Å². The Morgan fingerprint density at radius 3 is 1.94 bits per heavy atom. The van der Waals surface area contributed by atoms with Crippen LogP contribution in [0.2, 0.25) is 0 Å². The van der Waals surface area contributed by atoms with Gasteiger partial charge in [-0.3, -0.25) is 4.72 Å². The van der Waals surface area contributed by atoms with Gasteiger partial charge in [0.2, 0.25) is 0 Å². The van der Waals surface area contributed by atoms with Gasteiger partial charge in [0, 0.05) is 0 Å². The van der Waals surface area contributed by atoms with Crippen molar-refractivity contribution in [3.63, 3.8) is 0 Å². The molecule has 0 saturated heterocycles. The van der Waals surface area contributed by atoms with E-state index in [1.807, 2.05) is 0 Å². The second-order valence-electron chi connectivity index (χ2n) is 3.05. The first-order valence-corrected chi connectivity index (χ1v) is 5.83. The van der Waals surface area contributed by atoms with Gasteiger partial charge in [0.1, 0.15) is 0 Å². The average molecular weight is 287 g/mol. The lowest BCUT2D eigenvalue weighted by molar-refractivity contribution is -0.0981. The van der Waals surface area contributed by atoms with E-state index in [4.69, 9.17) is 0 Å². The molecule has 1 aromatic rings. The van der Waals surface area contributed by atoms with Gasteiger partial charge in [0.05, 0.1) is 4.90 Å². The minimum atomic E-state index is -5.49. The summed E-state index contributed by atoms with van der Waals surface area (Å²) in [4.78, 5) is -0.548. The molecule has 0 bridgehead atoms. The minimum absolute atomic E-state index is 0.548. The van der Waals surface area contributed by atoms with Crippen LogP contribution < -0.4 is 4.72 Å². The van der Waals surface area contributed by atoms with Crippen molar-refractivity contribution < 1.29 is 30.4 Å². The van der Waals surface area contributed by atoms with Crippen molar-refractivity contribution in [1.82, 2.24) is 4.72 Å². The second-order valence-corrected chi connectivity index (χ2v) is 4.73. The highest BCUT2D eigenvalue weighted by Crippen LogP contribution is 2.28. The van der Waals surface area contributed by atoms with Crippen LogP contribution in [-0.4, -0.2) is 14.6 Å². The number of hydrogen-bond donors (Lipinski definition) is 1. The van der Waals surface area contributed by atoms with Gasteiger partial charge < -0.3 is 0 Å². The molecule has 100 valence electrons. The van der Waals surface area contributed by atoms with Crippen LogP contribution in [0, 0.1) is 0 Å². The first-order chi connectivity index (χ1) is 8.14. The van der Waals surface area contributed by atoms with Crippen LogP contribution in [0.5, 0.6) is 0 Å². The Labute approximate surface area is 99.0 Å². The van der Waals surface area contributed by atoms with Crippen LogP contribution in [0.25, 0.3) is 0 Å². The third kappa shape index (κ3) is 3.42. The van der Waals surface area contributed by atoms with Gasteiger partial charge in [-0.05, 0) is 12.1 Å². The Balaban J connectivity index is 3.15. The summed E-state index contributed by atoms with van der Waals surface area (Å²) >= 11 is 0. The van der Waals surface area contributed by atoms with Crippen molar-refractivity contribution in [1.29, 1.82) is 0 Å². The van der Waals surface area contributed by atoms with Crippen LogP contribution in [0.4, 0.5) is 22.0 Å². The molecule has 0 aliphatic heterocycles. The fourth-order valence-electron chi connectivity index (χ4n) is 0.997. The van der Waals surface area contributed by atoms with Gasteiger partial charge >= 0.3 is 6.18 Å².